The van der Waals surface area contributed by atoms with Crippen molar-refractivity contribution in [2.45, 2.75) is 32.6 Å². The van der Waals surface area contributed by atoms with Crippen molar-refractivity contribution in [3.05, 3.63) is 47.5 Å². The average molecular weight is 422 g/mol. The van der Waals surface area contributed by atoms with E-state index in [4.69, 9.17) is 4.74 Å². The molecule has 0 spiro atoms. The van der Waals surface area contributed by atoms with Crippen LogP contribution in [0.2, 0.25) is 0 Å². The first-order valence-corrected chi connectivity index (χ1v) is 10.8. The molecule has 0 aliphatic carbocycles. The molecule has 1 saturated heterocycles. The Morgan fingerprint density at radius 1 is 1.00 bits per heavy atom. The van der Waals surface area contributed by atoms with Gasteiger partial charge in [0.1, 0.15) is 0 Å². The van der Waals surface area contributed by atoms with Crippen LogP contribution in [0.5, 0.6) is 0 Å². The van der Waals surface area contributed by atoms with Crippen LogP contribution in [0.3, 0.4) is 0 Å². The number of carbonyl (C=O) groups excluding carboxylic acids is 4. The van der Waals surface area contributed by atoms with Crippen LogP contribution in [0.15, 0.2) is 36.4 Å². The maximum Gasteiger partial charge on any atom is 0.306 e. The molecule has 2 aliphatic rings. The van der Waals surface area contributed by atoms with E-state index in [1.54, 1.807) is 29.2 Å². The first-order valence-electron chi connectivity index (χ1n) is 10.8. The van der Waals surface area contributed by atoms with Gasteiger partial charge in [0.05, 0.1) is 0 Å². The van der Waals surface area contributed by atoms with Crippen molar-refractivity contribution in [1.82, 2.24) is 9.80 Å². The van der Waals surface area contributed by atoms with Gasteiger partial charge in [-0.15, -0.1) is 0 Å². The van der Waals surface area contributed by atoms with Crippen molar-refractivity contribution < 1.29 is 23.9 Å². The number of carbonyl (C=O) groups is 4. The molecule has 2 aromatic carbocycles. The monoisotopic (exact) mass is 422 g/mol. The van der Waals surface area contributed by atoms with Gasteiger partial charge in [0.15, 0.2) is 6.61 Å². The minimum absolute atomic E-state index is 0.0349. The first kappa shape index (κ1) is 21.0. The molecule has 1 fully saturated rings. The van der Waals surface area contributed by atoms with Crippen LogP contribution < -0.4 is 0 Å². The van der Waals surface area contributed by atoms with Crippen molar-refractivity contribution in [2.75, 3.05) is 26.2 Å². The highest BCUT2D eigenvalue weighted by Crippen LogP contribution is 2.30. The summed E-state index contributed by atoms with van der Waals surface area (Å²) in [7, 11) is 0. The number of hydrogen-bond acceptors (Lipinski definition) is 5. The molecule has 162 valence electrons. The van der Waals surface area contributed by atoms with Crippen molar-refractivity contribution in [3.8, 4) is 0 Å². The van der Waals surface area contributed by atoms with Gasteiger partial charge in [-0.25, -0.2) is 0 Å². The topological polar surface area (TPSA) is 84.0 Å². The fraction of sp³-hybridized carbons (Fsp3) is 0.417. The van der Waals surface area contributed by atoms with Crippen molar-refractivity contribution >= 4 is 34.5 Å². The van der Waals surface area contributed by atoms with Crippen molar-refractivity contribution in [1.29, 1.82) is 0 Å². The maximum atomic E-state index is 12.8. The number of nitrogens with zero attached hydrogens (tertiary/aromatic N) is 2. The summed E-state index contributed by atoms with van der Waals surface area (Å²) >= 11 is 0. The molecule has 0 atom stereocenters. The Morgan fingerprint density at radius 3 is 2.23 bits per heavy atom. The minimum Gasteiger partial charge on any atom is -0.456 e. The van der Waals surface area contributed by atoms with Gasteiger partial charge in [-0.1, -0.05) is 31.2 Å². The number of hydrogen-bond donors (Lipinski definition) is 0. The molecule has 2 aliphatic heterocycles. The second-order valence-electron chi connectivity index (χ2n) is 8.30. The molecular formula is C24H26N2O5. The van der Waals surface area contributed by atoms with Gasteiger partial charge >= 0.3 is 5.97 Å². The largest absolute Gasteiger partial charge is 0.456 e. The molecule has 0 N–H and O–H groups in total. The molecule has 7 heteroatoms. The van der Waals surface area contributed by atoms with E-state index in [9.17, 15) is 19.2 Å². The van der Waals surface area contributed by atoms with E-state index in [1.807, 2.05) is 12.1 Å². The Balaban J connectivity index is 1.29. The summed E-state index contributed by atoms with van der Waals surface area (Å²) in [5.74, 6) is -0.760. The lowest BCUT2D eigenvalue weighted by Gasteiger charge is -2.30. The van der Waals surface area contributed by atoms with Gasteiger partial charge in [0.25, 0.3) is 17.7 Å². The van der Waals surface area contributed by atoms with Crippen LogP contribution in [-0.2, 0) is 14.3 Å². The highest BCUT2D eigenvalue weighted by molar-refractivity contribution is 6.25. The van der Waals surface area contributed by atoms with Gasteiger partial charge in [0, 0.05) is 42.6 Å². The van der Waals surface area contributed by atoms with E-state index in [1.165, 1.54) is 4.90 Å². The number of esters is 1. The highest BCUT2D eigenvalue weighted by atomic mass is 16.5. The van der Waals surface area contributed by atoms with E-state index >= 15 is 0 Å². The van der Waals surface area contributed by atoms with Crippen LogP contribution in [0.4, 0.5) is 0 Å². The van der Waals surface area contributed by atoms with E-state index in [0.717, 1.165) is 18.2 Å². The molecule has 2 heterocycles. The number of amides is 3. The van der Waals surface area contributed by atoms with Gasteiger partial charge in [-0.3, -0.25) is 24.1 Å². The SMILES string of the molecule is CC1CCN(C(=O)COC(=O)CCCN2C(=O)c3cccc4cccc(c34)C2=O)CC1. The normalized spacial score (nSPS) is 16.7. The zero-order valence-electron chi connectivity index (χ0n) is 17.6. The summed E-state index contributed by atoms with van der Waals surface area (Å²) in [6.07, 6.45) is 2.25. The molecule has 3 amide bonds. The van der Waals surface area contributed by atoms with E-state index in [0.29, 0.717) is 35.5 Å². The third-order valence-corrected chi connectivity index (χ3v) is 6.11. The number of piperidine rings is 1. The first-order chi connectivity index (χ1) is 15.0. The molecule has 31 heavy (non-hydrogen) atoms. The van der Waals surface area contributed by atoms with E-state index in [2.05, 4.69) is 6.92 Å². The zero-order chi connectivity index (χ0) is 22.0. The Bertz CT molecular complexity index is 989. The fourth-order valence-electron chi connectivity index (χ4n) is 4.23. The van der Waals surface area contributed by atoms with Gasteiger partial charge < -0.3 is 9.64 Å². The third kappa shape index (κ3) is 4.31. The van der Waals surface area contributed by atoms with Crippen LogP contribution in [0, 0.1) is 5.92 Å². The second kappa shape index (κ2) is 8.88. The summed E-state index contributed by atoms with van der Waals surface area (Å²) in [4.78, 5) is 52.8. The average Bonchev–Trinajstić information content (AvgIpc) is 2.78. The van der Waals surface area contributed by atoms with Gasteiger partial charge in [0.2, 0.25) is 0 Å². The lowest BCUT2D eigenvalue weighted by molar-refractivity contribution is -0.152. The van der Waals surface area contributed by atoms with Gasteiger partial charge in [-0.2, -0.15) is 0 Å². The predicted molar refractivity (Wildman–Crippen MR) is 114 cm³/mol. The number of benzene rings is 2. The summed E-state index contributed by atoms with van der Waals surface area (Å²) in [5, 5.41) is 1.54. The quantitative estimate of drug-likeness (QED) is 0.528. The van der Waals surface area contributed by atoms with Gasteiger partial charge in [-0.05, 0) is 42.7 Å². The standard InChI is InChI=1S/C24H26N2O5/c1-16-10-13-25(14-11-16)20(27)15-31-21(28)9-4-12-26-23(29)18-7-2-5-17-6-3-8-19(22(17)18)24(26)30/h2-3,5-8,16H,4,9-15H2,1H3. The van der Waals surface area contributed by atoms with E-state index in [-0.39, 0.29) is 43.7 Å². The van der Waals surface area contributed by atoms with Crippen LogP contribution in [0.1, 0.15) is 53.3 Å². The molecule has 7 nitrogen and oxygen atoms in total. The molecular weight excluding hydrogens is 396 g/mol. The van der Waals surface area contributed by atoms with Crippen molar-refractivity contribution in [2.24, 2.45) is 5.92 Å². The Labute approximate surface area is 180 Å². The summed E-state index contributed by atoms with van der Waals surface area (Å²) in [5.41, 5.74) is 0.994. The number of rotatable bonds is 6. The van der Waals surface area contributed by atoms with E-state index < -0.39 is 5.97 Å². The van der Waals surface area contributed by atoms with Crippen LogP contribution in [0.25, 0.3) is 10.8 Å². The third-order valence-electron chi connectivity index (χ3n) is 6.11. The summed E-state index contributed by atoms with van der Waals surface area (Å²) < 4.78 is 5.11. The molecule has 0 saturated carbocycles. The van der Waals surface area contributed by atoms with Crippen LogP contribution in [-0.4, -0.2) is 59.7 Å². The summed E-state index contributed by atoms with van der Waals surface area (Å²) in [6, 6.07) is 10.8. The Morgan fingerprint density at radius 2 is 1.61 bits per heavy atom. The maximum absolute atomic E-state index is 12.8. The Hall–Kier alpha value is -3.22. The Kier molecular flexibility index (Phi) is 6.02. The number of imide groups is 1. The molecule has 2 aromatic rings. The van der Waals surface area contributed by atoms with Crippen LogP contribution >= 0.6 is 0 Å². The molecule has 0 aromatic heterocycles. The molecule has 0 bridgehead atoms. The summed E-state index contributed by atoms with van der Waals surface area (Å²) in [6.45, 7) is 3.42. The number of likely N-dealkylation sites (tertiary alicyclic amines) is 1. The molecule has 0 unspecified atom stereocenters. The predicted octanol–water partition coefficient (Wildman–Crippen LogP) is 3.02. The lowest BCUT2D eigenvalue weighted by atomic mass is 9.94. The minimum atomic E-state index is -0.502. The number of ether oxygens (including phenoxy) is 1. The zero-order valence-corrected chi connectivity index (χ0v) is 17.6. The molecule has 4 rings (SSSR count). The fourth-order valence-corrected chi connectivity index (χ4v) is 4.23. The lowest BCUT2D eigenvalue weighted by Crippen LogP contribution is -2.41. The highest BCUT2D eigenvalue weighted by Gasteiger charge is 2.32. The molecule has 0 radical (unpaired) electrons. The second-order valence-corrected chi connectivity index (χ2v) is 8.30. The smallest absolute Gasteiger partial charge is 0.306 e. The van der Waals surface area contributed by atoms with Crippen molar-refractivity contribution in [3.63, 3.8) is 0 Å².